The van der Waals surface area contributed by atoms with Crippen LogP contribution in [-0.2, 0) is 6.54 Å². The summed E-state index contributed by atoms with van der Waals surface area (Å²) in [5.41, 5.74) is 0.847. The molecule has 0 atom stereocenters. The highest BCUT2D eigenvalue weighted by atomic mass is 79.9. The second kappa shape index (κ2) is 6.41. The molecule has 1 aromatic carbocycles. The summed E-state index contributed by atoms with van der Waals surface area (Å²) >= 11 is 9.11. The summed E-state index contributed by atoms with van der Waals surface area (Å²) in [7, 11) is 0. The average Bonchev–Trinajstić information content (AvgIpc) is 2.69. The third kappa shape index (κ3) is 3.61. The van der Waals surface area contributed by atoms with Crippen molar-refractivity contribution >= 4 is 39.1 Å². The molecule has 0 unspecified atom stereocenters. The number of hydrogen-bond donors (Lipinski definition) is 1. The number of carbonyl (C=O) groups is 1. The van der Waals surface area contributed by atoms with Crippen molar-refractivity contribution in [2.75, 3.05) is 5.32 Å². The smallest absolute Gasteiger partial charge is 0.272 e. The average molecular weight is 360 g/mol. The van der Waals surface area contributed by atoms with Gasteiger partial charge in [0.05, 0.1) is 0 Å². The maximum Gasteiger partial charge on any atom is 0.272 e. The van der Waals surface area contributed by atoms with Gasteiger partial charge in [-0.2, -0.15) is 0 Å². The lowest BCUT2D eigenvalue weighted by atomic mass is 10.3. The van der Waals surface area contributed by atoms with Gasteiger partial charge in [0, 0.05) is 27.9 Å². The Hall–Kier alpha value is -1.33. The first-order valence-corrected chi connectivity index (χ1v) is 7.30. The summed E-state index contributed by atoms with van der Waals surface area (Å²) in [6.45, 7) is 2.76. The van der Waals surface area contributed by atoms with Gasteiger partial charge >= 0.3 is 0 Å². The van der Waals surface area contributed by atoms with Crippen molar-refractivity contribution in [2.45, 2.75) is 19.9 Å². The lowest BCUT2D eigenvalue weighted by Crippen LogP contribution is -2.16. The number of nitrogens with zero attached hydrogens (tertiary/aromatic N) is 1. The van der Waals surface area contributed by atoms with Crippen LogP contribution in [-0.4, -0.2) is 10.5 Å². The Morgan fingerprint density at radius 1 is 1.40 bits per heavy atom. The van der Waals surface area contributed by atoms with E-state index in [1.165, 1.54) is 18.2 Å². The summed E-state index contributed by atoms with van der Waals surface area (Å²) < 4.78 is 15.9. The number of halogens is 3. The summed E-state index contributed by atoms with van der Waals surface area (Å²) in [5, 5.41) is 2.89. The molecule has 2 rings (SSSR count). The number of amides is 1. The Labute approximate surface area is 129 Å². The third-order valence-corrected chi connectivity index (χ3v) is 3.33. The number of anilines is 1. The number of aryl methyl sites for hydroxylation is 1. The van der Waals surface area contributed by atoms with Crippen LogP contribution in [0.15, 0.2) is 34.9 Å². The fraction of sp³-hybridized carbons (Fsp3) is 0.214. The molecular formula is C14H13BrClFN2O. The zero-order valence-corrected chi connectivity index (χ0v) is 13.1. The topological polar surface area (TPSA) is 34.0 Å². The van der Waals surface area contributed by atoms with Crippen molar-refractivity contribution < 1.29 is 9.18 Å². The molecule has 1 N–H and O–H groups in total. The van der Waals surface area contributed by atoms with Crippen LogP contribution in [0.2, 0.25) is 5.02 Å². The predicted octanol–water partition coefficient (Wildman–Crippen LogP) is 4.71. The van der Waals surface area contributed by atoms with E-state index in [9.17, 15) is 9.18 Å². The highest BCUT2D eigenvalue weighted by Gasteiger charge is 2.13. The molecule has 0 radical (unpaired) electrons. The van der Waals surface area contributed by atoms with E-state index >= 15 is 0 Å². The monoisotopic (exact) mass is 358 g/mol. The highest BCUT2D eigenvalue weighted by Crippen LogP contribution is 2.20. The summed E-state index contributed by atoms with van der Waals surface area (Å²) in [5.74, 6) is -0.788. The van der Waals surface area contributed by atoms with Crippen molar-refractivity contribution in [2.24, 2.45) is 0 Å². The van der Waals surface area contributed by atoms with Crippen molar-refractivity contribution in [3.63, 3.8) is 0 Å². The van der Waals surface area contributed by atoms with Gasteiger partial charge in [-0.05, 0) is 46.6 Å². The van der Waals surface area contributed by atoms with Crippen molar-refractivity contribution in [3.05, 3.63) is 51.5 Å². The van der Waals surface area contributed by atoms with Gasteiger partial charge in [0.2, 0.25) is 0 Å². The molecular weight excluding hydrogens is 347 g/mol. The lowest BCUT2D eigenvalue weighted by molar-refractivity contribution is 0.101. The number of carbonyl (C=O) groups excluding carboxylic acids is 1. The molecule has 0 aliphatic carbocycles. The molecule has 0 aliphatic rings. The first kappa shape index (κ1) is 15.1. The van der Waals surface area contributed by atoms with E-state index in [1.54, 1.807) is 6.07 Å². The van der Waals surface area contributed by atoms with Crippen LogP contribution in [0.3, 0.4) is 0 Å². The molecule has 1 aromatic heterocycles. The fourth-order valence-electron chi connectivity index (χ4n) is 1.91. The van der Waals surface area contributed by atoms with Crippen LogP contribution in [0.25, 0.3) is 0 Å². The summed E-state index contributed by atoms with van der Waals surface area (Å²) in [6.07, 6.45) is 2.75. The predicted molar refractivity (Wildman–Crippen MR) is 81.8 cm³/mol. The molecule has 6 heteroatoms. The number of nitrogens with one attached hydrogen (secondary N) is 1. The fourth-order valence-corrected chi connectivity index (χ4v) is 2.60. The van der Waals surface area contributed by atoms with Crippen LogP contribution >= 0.6 is 27.5 Å². The van der Waals surface area contributed by atoms with Crippen LogP contribution in [0, 0.1) is 5.82 Å². The minimum Gasteiger partial charge on any atom is -0.342 e. The minimum atomic E-state index is -0.488. The maximum atomic E-state index is 13.2. The van der Waals surface area contributed by atoms with Gasteiger partial charge < -0.3 is 9.88 Å². The number of hydrogen-bond acceptors (Lipinski definition) is 1. The molecule has 2 aromatic rings. The van der Waals surface area contributed by atoms with Crippen molar-refractivity contribution in [1.82, 2.24) is 4.57 Å². The molecule has 0 spiro atoms. The van der Waals surface area contributed by atoms with Gasteiger partial charge in [-0.25, -0.2) is 4.39 Å². The van der Waals surface area contributed by atoms with E-state index in [4.69, 9.17) is 11.6 Å². The standard InChI is InChI=1S/C14H13BrClFN2O/c1-2-3-19-8-9(15)4-13(19)14(20)18-12-6-10(16)5-11(17)7-12/h4-8H,2-3H2,1H3,(H,18,20). The van der Waals surface area contributed by atoms with E-state index in [2.05, 4.69) is 21.2 Å². The molecule has 106 valence electrons. The number of rotatable bonds is 4. The molecule has 0 saturated heterocycles. The van der Waals surface area contributed by atoms with Gasteiger partial charge in [0.15, 0.2) is 0 Å². The van der Waals surface area contributed by atoms with Gasteiger partial charge in [0.25, 0.3) is 5.91 Å². The Kier molecular flexibility index (Phi) is 4.83. The molecule has 0 bridgehead atoms. The van der Waals surface area contributed by atoms with E-state index < -0.39 is 5.82 Å². The van der Waals surface area contributed by atoms with Crippen LogP contribution in [0.5, 0.6) is 0 Å². The van der Waals surface area contributed by atoms with E-state index in [-0.39, 0.29) is 10.9 Å². The van der Waals surface area contributed by atoms with Crippen LogP contribution in [0.1, 0.15) is 23.8 Å². The lowest BCUT2D eigenvalue weighted by Gasteiger charge is -2.09. The molecule has 20 heavy (non-hydrogen) atoms. The Balaban J connectivity index is 2.23. The second-order valence-electron chi connectivity index (χ2n) is 4.35. The highest BCUT2D eigenvalue weighted by molar-refractivity contribution is 9.10. The minimum absolute atomic E-state index is 0.241. The van der Waals surface area contributed by atoms with E-state index in [0.29, 0.717) is 11.4 Å². The Morgan fingerprint density at radius 2 is 2.15 bits per heavy atom. The van der Waals surface area contributed by atoms with E-state index in [1.807, 2.05) is 17.7 Å². The SMILES string of the molecule is CCCn1cc(Br)cc1C(=O)Nc1cc(F)cc(Cl)c1. The third-order valence-electron chi connectivity index (χ3n) is 2.68. The second-order valence-corrected chi connectivity index (χ2v) is 5.70. The van der Waals surface area contributed by atoms with Gasteiger partial charge in [-0.1, -0.05) is 18.5 Å². The quantitative estimate of drug-likeness (QED) is 0.843. The summed E-state index contributed by atoms with van der Waals surface area (Å²) in [4.78, 5) is 12.2. The molecule has 3 nitrogen and oxygen atoms in total. The first-order chi connectivity index (χ1) is 9.49. The normalized spacial score (nSPS) is 10.6. The van der Waals surface area contributed by atoms with Crippen molar-refractivity contribution in [3.8, 4) is 0 Å². The number of aromatic nitrogens is 1. The molecule has 0 fully saturated rings. The molecule has 0 aliphatic heterocycles. The largest absolute Gasteiger partial charge is 0.342 e. The van der Waals surface area contributed by atoms with Gasteiger partial charge in [0.1, 0.15) is 11.5 Å². The van der Waals surface area contributed by atoms with Crippen LogP contribution in [0.4, 0.5) is 10.1 Å². The maximum absolute atomic E-state index is 13.2. The zero-order valence-electron chi connectivity index (χ0n) is 10.8. The molecule has 1 heterocycles. The summed E-state index contributed by atoms with van der Waals surface area (Å²) in [6, 6.07) is 5.65. The molecule has 0 saturated carbocycles. The Morgan fingerprint density at radius 3 is 2.80 bits per heavy atom. The van der Waals surface area contributed by atoms with Crippen molar-refractivity contribution in [1.29, 1.82) is 0 Å². The number of benzene rings is 1. The van der Waals surface area contributed by atoms with Gasteiger partial charge in [-0.15, -0.1) is 0 Å². The Bertz CT molecular complexity index is 622. The van der Waals surface area contributed by atoms with Gasteiger partial charge in [-0.3, -0.25) is 4.79 Å². The first-order valence-electron chi connectivity index (χ1n) is 6.12. The van der Waals surface area contributed by atoms with E-state index in [0.717, 1.165) is 17.4 Å². The van der Waals surface area contributed by atoms with Crippen LogP contribution < -0.4 is 5.32 Å². The molecule has 1 amide bonds. The zero-order chi connectivity index (χ0) is 14.7.